The number of benzene rings is 1. The average Bonchev–Trinajstić information content (AvgIpc) is 2.73. The van der Waals surface area contributed by atoms with Crippen molar-refractivity contribution in [2.24, 2.45) is 5.73 Å². The second-order valence-electron chi connectivity index (χ2n) is 3.86. The lowest BCUT2D eigenvalue weighted by molar-refractivity contribution is -0.120. The van der Waals surface area contributed by atoms with E-state index in [0.29, 0.717) is 19.5 Å². The van der Waals surface area contributed by atoms with Crippen LogP contribution in [0, 0.1) is 0 Å². The molecule has 3 N–H and O–H groups in total. The Labute approximate surface area is 94.8 Å². The van der Waals surface area contributed by atoms with E-state index in [-0.39, 0.29) is 5.91 Å². The molecule has 0 fully saturated rings. The summed E-state index contributed by atoms with van der Waals surface area (Å²) in [6.07, 6.45) is 1.35. The quantitative estimate of drug-likeness (QED) is 0.764. The summed E-state index contributed by atoms with van der Waals surface area (Å²) in [6, 6.07) is 5.92. The first kappa shape index (κ1) is 11.0. The molecule has 1 aromatic rings. The minimum atomic E-state index is 0.0179. The van der Waals surface area contributed by atoms with Crippen molar-refractivity contribution in [3.8, 4) is 5.75 Å². The van der Waals surface area contributed by atoms with E-state index in [2.05, 4.69) is 5.32 Å². The van der Waals surface area contributed by atoms with Crippen LogP contribution in [-0.2, 0) is 17.6 Å². The van der Waals surface area contributed by atoms with Crippen LogP contribution in [0.5, 0.6) is 5.75 Å². The number of rotatable bonds is 4. The SMILES string of the molecule is NCCNC(=O)Cc1ccc2c(c1)CCO2. The summed E-state index contributed by atoms with van der Waals surface area (Å²) in [5.74, 6) is 0.968. The second-order valence-corrected chi connectivity index (χ2v) is 3.86. The molecule has 2 rings (SSSR count). The lowest BCUT2D eigenvalue weighted by Gasteiger charge is -2.05. The lowest BCUT2D eigenvalue weighted by atomic mass is 10.1. The minimum absolute atomic E-state index is 0.0179. The van der Waals surface area contributed by atoms with E-state index in [1.165, 1.54) is 5.56 Å². The maximum Gasteiger partial charge on any atom is 0.224 e. The van der Waals surface area contributed by atoms with Crippen LogP contribution in [-0.4, -0.2) is 25.6 Å². The Morgan fingerprint density at radius 1 is 1.50 bits per heavy atom. The molecule has 0 unspecified atom stereocenters. The highest BCUT2D eigenvalue weighted by Crippen LogP contribution is 2.25. The van der Waals surface area contributed by atoms with Gasteiger partial charge in [-0.15, -0.1) is 0 Å². The van der Waals surface area contributed by atoms with Gasteiger partial charge in [0, 0.05) is 19.5 Å². The molecule has 0 atom stereocenters. The summed E-state index contributed by atoms with van der Waals surface area (Å²) >= 11 is 0. The van der Waals surface area contributed by atoms with Crippen LogP contribution in [0.1, 0.15) is 11.1 Å². The van der Waals surface area contributed by atoms with E-state index in [4.69, 9.17) is 10.5 Å². The highest BCUT2D eigenvalue weighted by atomic mass is 16.5. The van der Waals surface area contributed by atoms with Gasteiger partial charge in [-0.1, -0.05) is 12.1 Å². The van der Waals surface area contributed by atoms with Gasteiger partial charge in [-0.25, -0.2) is 0 Å². The molecule has 86 valence electrons. The van der Waals surface area contributed by atoms with E-state index in [1.54, 1.807) is 0 Å². The van der Waals surface area contributed by atoms with Crippen molar-refractivity contribution < 1.29 is 9.53 Å². The van der Waals surface area contributed by atoms with Crippen LogP contribution < -0.4 is 15.8 Å². The van der Waals surface area contributed by atoms with E-state index in [0.717, 1.165) is 24.3 Å². The standard InChI is InChI=1S/C12H16N2O2/c13-4-5-14-12(15)8-9-1-2-11-10(7-9)3-6-16-11/h1-2,7H,3-6,8,13H2,(H,14,15). The Bertz CT molecular complexity index is 391. The number of fused-ring (bicyclic) bond motifs is 1. The summed E-state index contributed by atoms with van der Waals surface area (Å²) in [4.78, 5) is 11.5. The van der Waals surface area contributed by atoms with Crippen LogP contribution in [0.4, 0.5) is 0 Å². The van der Waals surface area contributed by atoms with Crippen molar-refractivity contribution in [1.82, 2.24) is 5.32 Å². The molecule has 0 radical (unpaired) electrons. The molecule has 1 aliphatic rings. The van der Waals surface area contributed by atoms with Crippen LogP contribution in [0.15, 0.2) is 18.2 Å². The number of nitrogens with two attached hydrogens (primary N) is 1. The molecule has 1 amide bonds. The smallest absolute Gasteiger partial charge is 0.224 e. The van der Waals surface area contributed by atoms with Gasteiger partial charge in [-0.3, -0.25) is 4.79 Å². The van der Waals surface area contributed by atoms with Crippen molar-refractivity contribution in [1.29, 1.82) is 0 Å². The Kier molecular flexibility index (Phi) is 3.41. The van der Waals surface area contributed by atoms with Gasteiger partial charge in [-0.2, -0.15) is 0 Å². The third kappa shape index (κ3) is 2.52. The summed E-state index contributed by atoms with van der Waals surface area (Å²) in [5, 5.41) is 2.75. The van der Waals surface area contributed by atoms with Crippen LogP contribution in [0.3, 0.4) is 0 Å². The molecule has 4 heteroatoms. The highest BCUT2D eigenvalue weighted by Gasteiger charge is 2.12. The molecule has 0 saturated carbocycles. The summed E-state index contributed by atoms with van der Waals surface area (Å²) in [6.45, 7) is 1.76. The first-order valence-electron chi connectivity index (χ1n) is 5.51. The number of amides is 1. The molecule has 0 bridgehead atoms. The molecule has 1 aromatic carbocycles. The normalized spacial score (nSPS) is 13.1. The molecule has 0 aromatic heterocycles. The Morgan fingerprint density at radius 3 is 3.19 bits per heavy atom. The van der Waals surface area contributed by atoms with Crippen molar-refractivity contribution in [2.75, 3.05) is 19.7 Å². The predicted molar refractivity (Wildman–Crippen MR) is 61.4 cm³/mol. The number of hydrogen-bond acceptors (Lipinski definition) is 3. The maximum atomic E-state index is 11.5. The number of carbonyl (C=O) groups is 1. The Balaban J connectivity index is 1.97. The lowest BCUT2D eigenvalue weighted by Crippen LogP contribution is -2.30. The van der Waals surface area contributed by atoms with Crippen LogP contribution in [0.25, 0.3) is 0 Å². The van der Waals surface area contributed by atoms with Crippen molar-refractivity contribution >= 4 is 5.91 Å². The van der Waals surface area contributed by atoms with E-state index in [1.807, 2.05) is 18.2 Å². The molecule has 1 heterocycles. The maximum absolute atomic E-state index is 11.5. The van der Waals surface area contributed by atoms with Gasteiger partial charge >= 0.3 is 0 Å². The number of hydrogen-bond donors (Lipinski definition) is 2. The van der Waals surface area contributed by atoms with Gasteiger partial charge < -0.3 is 15.8 Å². The molecule has 0 saturated heterocycles. The van der Waals surface area contributed by atoms with Crippen LogP contribution >= 0.6 is 0 Å². The van der Waals surface area contributed by atoms with Crippen molar-refractivity contribution in [3.05, 3.63) is 29.3 Å². The first-order valence-corrected chi connectivity index (χ1v) is 5.51. The summed E-state index contributed by atoms with van der Waals surface area (Å²) in [5.41, 5.74) is 7.54. The summed E-state index contributed by atoms with van der Waals surface area (Å²) in [7, 11) is 0. The predicted octanol–water partition coefficient (Wildman–Crippen LogP) is 0.239. The zero-order valence-electron chi connectivity index (χ0n) is 9.16. The minimum Gasteiger partial charge on any atom is -0.493 e. The first-order chi connectivity index (χ1) is 7.79. The zero-order valence-corrected chi connectivity index (χ0v) is 9.16. The molecular formula is C12H16N2O2. The van der Waals surface area contributed by atoms with Gasteiger partial charge in [0.2, 0.25) is 5.91 Å². The van der Waals surface area contributed by atoms with E-state index >= 15 is 0 Å². The van der Waals surface area contributed by atoms with Crippen molar-refractivity contribution in [3.63, 3.8) is 0 Å². The number of nitrogens with one attached hydrogen (secondary N) is 1. The topological polar surface area (TPSA) is 64.3 Å². The Morgan fingerprint density at radius 2 is 2.38 bits per heavy atom. The third-order valence-electron chi connectivity index (χ3n) is 2.59. The fourth-order valence-corrected chi connectivity index (χ4v) is 1.81. The fraction of sp³-hybridized carbons (Fsp3) is 0.417. The van der Waals surface area contributed by atoms with Crippen molar-refractivity contribution in [2.45, 2.75) is 12.8 Å². The largest absolute Gasteiger partial charge is 0.493 e. The second kappa shape index (κ2) is 4.99. The number of ether oxygens (including phenoxy) is 1. The molecule has 0 aliphatic carbocycles. The van der Waals surface area contributed by atoms with Gasteiger partial charge in [-0.05, 0) is 17.2 Å². The van der Waals surface area contributed by atoms with Crippen LogP contribution in [0.2, 0.25) is 0 Å². The van der Waals surface area contributed by atoms with Gasteiger partial charge in [0.1, 0.15) is 5.75 Å². The van der Waals surface area contributed by atoms with Gasteiger partial charge in [0.25, 0.3) is 0 Å². The summed E-state index contributed by atoms with van der Waals surface area (Å²) < 4.78 is 5.41. The average molecular weight is 220 g/mol. The monoisotopic (exact) mass is 220 g/mol. The highest BCUT2D eigenvalue weighted by molar-refractivity contribution is 5.78. The number of carbonyl (C=O) groups excluding carboxylic acids is 1. The molecule has 0 spiro atoms. The molecule has 4 nitrogen and oxygen atoms in total. The molecular weight excluding hydrogens is 204 g/mol. The Hall–Kier alpha value is -1.55. The zero-order chi connectivity index (χ0) is 11.4. The van der Waals surface area contributed by atoms with E-state index < -0.39 is 0 Å². The van der Waals surface area contributed by atoms with Gasteiger partial charge in [0.15, 0.2) is 0 Å². The fourth-order valence-electron chi connectivity index (χ4n) is 1.81. The van der Waals surface area contributed by atoms with E-state index in [9.17, 15) is 4.79 Å². The molecule has 1 aliphatic heterocycles. The third-order valence-corrected chi connectivity index (χ3v) is 2.59. The molecule has 16 heavy (non-hydrogen) atoms. The van der Waals surface area contributed by atoms with Gasteiger partial charge in [0.05, 0.1) is 13.0 Å².